The summed E-state index contributed by atoms with van der Waals surface area (Å²) in [7, 11) is 3.37. The van der Waals surface area contributed by atoms with Crippen LogP contribution in [-0.4, -0.2) is 30.9 Å². The molecule has 0 saturated heterocycles. The zero-order valence-corrected chi connectivity index (χ0v) is 13.9. The first-order valence-corrected chi connectivity index (χ1v) is 7.49. The van der Waals surface area contributed by atoms with Crippen molar-refractivity contribution in [1.29, 1.82) is 0 Å². The normalized spacial score (nSPS) is 10.2. The highest BCUT2D eigenvalue weighted by Crippen LogP contribution is 2.16. The summed E-state index contributed by atoms with van der Waals surface area (Å²) in [6, 6.07) is 10.9. The Bertz CT molecular complexity index is 760. The van der Waals surface area contributed by atoms with Crippen LogP contribution < -0.4 is 10.6 Å². The average molecular weight is 329 g/mol. The van der Waals surface area contributed by atoms with Crippen molar-refractivity contribution in [3.63, 3.8) is 0 Å². The van der Waals surface area contributed by atoms with Crippen LogP contribution in [0.5, 0.6) is 0 Å². The van der Waals surface area contributed by atoms with E-state index in [2.05, 4.69) is 10.6 Å². The summed E-state index contributed by atoms with van der Waals surface area (Å²) in [6.07, 6.45) is 0. The van der Waals surface area contributed by atoms with Crippen molar-refractivity contribution in [2.75, 3.05) is 19.4 Å². The Hall–Kier alpha value is -2.89. The molecule has 0 radical (unpaired) electrons. The van der Waals surface area contributed by atoms with Crippen molar-refractivity contribution >= 4 is 17.6 Å². The van der Waals surface area contributed by atoms with Crippen LogP contribution in [0.15, 0.2) is 42.5 Å². The van der Waals surface area contributed by atoms with Crippen LogP contribution in [0.4, 0.5) is 14.9 Å². The molecular weight excluding hydrogens is 309 g/mol. The lowest BCUT2D eigenvalue weighted by Crippen LogP contribution is -2.28. The number of anilines is 1. The maximum Gasteiger partial charge on any atom is 0.319 e. The molecule has 5 nitrogen and oxygen atoms in total. The molecule has 0 aliphatic rings. The van der Waals surface area contributed by atoms with Crippen LogP contribution in [0.25, 0.3) is 0 Å². The Balaban J connectivity index is 1.98. The summed E-state index contributed by atoms with van der Waals surface area (Å²) in [6.45, 7) is 1.90. The highest BCUT2D eigenvalue weighted by molar-refractivity contribution is 5.96. The van der Waals surface area contributed by atoms with E-state index in [-0.39, 0.29) is 18.3 Å². The molecule has 0 atom stereocenters. The lowest BCUT2D eigenvalue weighted by molar-refractivity contribution is 0.0827. The summed E-state index contributed by atoms with van der Waals surface area (Å²) in [4.78, 5) is 25.4. The van der Waals surface area contributed by atoms with Crippen LogP contribution in [-0.2, 0) is 6.54 Å². The van der Waals surface area contributed by atoms with E-state index < -0.39 is 6.03 Å². The quantitative estimate of drug-likeness (QED) is 0.905. The molecule has 0 saturated carbocycles. The monoisotopic (exact) mass is 329 g/mol. The topological polar surface area (TPSA) is 61.4 Å². The second-order valence-corrected chi connectivity index (χ2v) is 5.63. The third-order valence-corrected chi connectivity index (χ3v) is 3.52. The Labute approximate surface area is 140 Å². The Morgan fingerprint density at radius 2 is 1.83 bits per heavy atom. The molecule has 0 spiro atoms. The third kappa shape index (κ3) is 4.32. The number of nitrogens with zero attached hydrogens (tertiary/aromatic N) is 1. The highest BCUT2D eigenvalue weighted by Gasteiger charge is 2.12. The van der Waals surface area contributed by atoms with E-state index >= 15 is 0 Å². The van der Waals surface area contributed by atoms with Crippen LogP contribution in [0, 0.1) is 12.7 Å². The van der Waals surface area contributed by atoms with E-state index in [0.717, 1.165) is 5.56 Å². The number of benzene rings is 2. The molecule has 0 aromatic heterocycles. The molecule has 2 rings (SSSR count). The molecular formula is C18H20FN3O2. The molecule has 2 aromatic carbocycles. The molecule has 126 valence electrons. The summed E-state index contributed by atoms with van der Waals surface area (Å²) >= 11 is 0. The first kappa shape index (κ1) is 17.5. The second kappa shape index (κ2) is 7.59. The second-order valence-electron chi connectivity index (χ2n) is 5.63. The molecule has 0 bridgehead atoms. The van der Waals surface area contributed by atoms with E-state index in [1.165, 1.54) is 11.0 Å². The van der Waals surface area contributed by atoms with Crippen molar-refractivity contribution in [3.05, 3.63) is 65.0 Å². The highest BCUT2D eigenvalue weighted by atomic mass is 19.1. The molecule has 0 aliphatic heterocycles. The van der Waals surface area contributed by atoms with Gasteiger partial charge in [0.15, 0.2) is 0 Å². The van der Waals surface area contributed by atoms with Crippen molar-refractivity contribution in [2.45, 2.75) is 13.5 Å². The summed E-state index contributed by atoms with van der Waals surface area (Å²) < 4.78 is 13.5. The number of hydrogen-bond acceptors (Lipinski definition) is 2. The van der Waals surface area contributed by atoms with Gasteiger partial charge < -0.3 is 15.5 Å². The Morgan fingerprint density at radius 1 is 1.12 bits per heavy atom. The maximum absolute atomic E-state index is 13.5. The van der Waals surface area contributed by atoms with Gasteiger partial charge in [-0.05, 0) is 36.8 Å². The lowest BCUT2D eigenvalue weighted by Gasteiger charge is -2.14. The van der Waals surface area contributed by atoms with Gasteiger partial charge >= 0.3 is 6.03 Å². The minimum atomic E-state index is -0.440. The number of nitrogens with one attached hydrogen (secondary N) is 2. The van der Waals surface area contributed by atoms with Crippen molar-refractivity contribution < 1.29 is 14.0 Å². The minimum Gasteiger partial charge on any atom is -0.345 e. The van der Waals surface area contributed by atoms with Gasteiger partial charge in [-0.15, -0.1) is 0 Å². The van der Waals surface area contributed by atoms with Gasteiger partial charge in [-0.3, -0.25) is 4.79 Å². The molecule has 3 amide bonds. The average Bonchev–Trinajstić information content (AvgIpc) is 2.53. The number of carbonyl (C=O) groups is 2. The van der Waals surface area contributed by atoms with E-state index in [0.29, 0.717) is 16.8 Å². The molecule has 0 aliphatic carbocycles. The number of rotatable bonds is 4. The first-order valence-electron chi connectivity index (χ1n) is 7.49. The Kier molecular flexibility index (Phi) is 5.52. The van der Waals surface area contributed by atoms with Gasteiger partial charge in [0.05, 0.1) is 0 Å². The van der Waals surface area contributed by atoms with Crippen LogP contribution in [0.3, 0.4) is 0 Å². The molecule has 0 fully saturated rings. The summed E-state index contributed by atoms with van der Waals surface area (Å²) in [5.41, 5.74) is 2.32. The predicted molar refractivity (Wildman–Crippen MR) is 91.5 cm³/mol. The summed E-state index contributed by atoms with van der Waals surface area (Å²) in [5.74, 6) is -0.455. The standard InChI is InChI=1S/C18H20FN3O2/c1-12-10-14(8-9-15(12)17(23)22(2)3)21-18(24)20-11-13-6-4-5-7-16(13)19/h4-10H,11H2,1-3H3,(H2,20,21,24). The summed E-state index contributed by atoms with van der Waals surface area (Å²) in [5, 5.41) is 5.27. The van der Waals surface area contributed by atoms with E-state index in [1.54, 1.807) is 57.4 Å². The zero-order chi connectivity index (χ0) is 17.7. The number of halogens is 1. The van der Waals surface area contributed by atoms with Crippen LogP contribution in [0.2, 0.25) is 0 Å². The predicted octanol–water partition coefficient (Wildman–Crippen LogP) is 3.16. The van der Waals surface area contributed by atoms with Crippen molar-refractivity contribution in [3.8, 4) is 0 Å². The largest absolute Gasteiger partial charge is 0.345 e. The fraction of sp³-hybridized carbons (Fsp3) is 0.222. The maximum atomic E-state index is 13.5. The molecule has 0 heterocycles. The van der Waals surface area contributed by atoms with E-state index in [1.807, 2.05) is 0 Å². The molecule has 6 heteroatoms. The fourth-order valence-electron chi connectivity index (χ4n) is 2.21. The fourth-order valence-corrected chi connectivity index (χ4v) is 2.21. The first-order chi connectivity index (χ1) is 11.4. The number of aryl methyl sites for hydroxylation is 1. The number of hydrogen-bond donors (Lipinski definition) is 2. The zero-order valence-electron chi connectivity index (χ0n) is 13.9. The molecule has 24 heavy (non-hydrogen) atoms. The smallest absolute Gasteiger partial charge is 0.319 e. The van der Waals surface area contributed by atoms with Gasteiger partial charge in [-0.25, -0.2) is 9.18 Å². The molecule has 2 N–H and O–H groups in total. The number of urea groups is 1. The van der Waals surface area contributed by atoms with Gasteiger partial charge in [0.2, 0.25) is 0 Å². The van der Waals surface area contributed by atoms with Gasteiger partial charge in [-0.2, -0.15) is 0 Å². The van der Waals surface area contributed by atoms with Gasteiger partial charge in [-0.1, -0.05) is 18.2 Å². The van der Waals surface area contributed by atoms with Crippen LogP contribution >= 0.6 is 0 Å². The van der Waals surface area contributed by atoms with Crippen molar-refractivity contribution in [2.24, 2.45) is 0 Å². The van der Waals surface area contributed by atoms with E-state index in [4.69, 9.17) is 0 Å². The van der Waals surface area contributed by atoms with Gasteiger partial charge in [0, 0.05) is 37.5 Å². The Morgan fingerprint density at radius 3 is 2.46 bits per heavy atom. The molecule has 2 aromatic rings. The van der Waals surface area contributed by atoms with Crippen molar-refractivity contribution in [1.82, 2.24) is 10.2 Å². The molecule has 0 unspecified atom stereocenters. The SMILES string of the molecule is Cc1cc(NC(=O)NCc2ccccc2F)ccc1C(=O)N(C)C. The van der Waals surface area contributed by atoms with Gasteiger partial charge in [0.25, 0.3) is 5.91 Å². The number of carbonyl (C=O) groups excluding carboxylic acids is 2. The minimum absolute atomic E-state index is 0.0920. The van der Waals surface area contributed by atoms with E-state index in [9.17, 15) is 14.0 Å². The third-order valence-electron chi connectivity index (χ3n) is 3.52. The number of amides is 3. The lowest BCUT2D eigenvalue weighted by atomic mass is 10.1. The van der Waals surface area contributed by atoms with Gasteiger partial charge in [0.1, 0.15) is 5.82 Å². The van der Waals surface area contributed by atoms with Crippen LogP contribution in [0.1, 0.15) is 21.5 Å².